The molecular weight excluding hydrogens is 647 g/mol. The van der Waals surface area contributed by atoms with Crippen LogP contribution in [0, 0.1) is 23.2 Å². The zero-order chi connectivity index (χ0) is 37.3. The van der Waals surface area contributed by atoms with E-state index in [1.807, 2.05) is 18.0 Å². The van der Waals surface area contributed by atoms with E-state index < -0.39 is 0 Å². The molecule has 0 aliphatic heterocycles. The highest BCUT2D eigenvalue weighted by Crippen LogP contribution is 2.63. The van der Waals surface area contributed by atoms with Crippen LogP contribution in [0.5, 0.6) is 5.75 Å². The summed E-state index contributed by atoms with van der Waals surface area (Å²) in [5.41, 5.74) is 2.92. The van der Waals surface area contributed by atoms with E-state index >= 15 is 0 Å². The van der Waals surface area contributed by atoms with Crippen molar-refractivity contribution in [2.24, 2.45) is 23.2 Å². The standard InChI is InChI=1S/C46H75NO5/c1-6-9-17-23-42(48)47(5)32-21-16-14-12-13-15-20-22-35-33-36-34-37(51-43(49)24-18-10-7-2)26-27-38(36)39-30-31-46(4)40(45(35)39)28-29-41(46)52-44(50)25-19-11-8-3/h26-27,34-35,39-41,45H,6-25,28-33H2,1-5H3/t35-,39?,40?,41+,45?,46+/m1/s1. The average molecular weight is 722 g/mol. The lowest BCUT2D eigenvalue weighted by Crippen LogP contribution is -2.48. The molecule has 6 heteroatoms. The van der Waals surface area contributed by atoms with Crippen LogP contribution >= 0.6 is 0 Å². The number of benzene rings is 1. The summed E-state index contributed by atoms with van der Waals surface area (Å²) in [5, 5.41) is 0. The Bertz CT molecular complexity index is 1250. The molecule has 0 bridgehead atoms. The van der Waals surface area contributed by atoms with Gasteiger partial charge in [0, 0.05) is 38.3 Å². The van der Waals surface area contributed by atoms with Gasteiger partial charge in [-0.15, -0.1) is 0 Å². The molecule has 52 heavy (non-hydrogen) atoms. The van der Waals surface area contributed by atoms with Crippen molar-refractivity contribution in [1.29, 1.82) is 0 Å². The van der Waals surface area contributed by atoms with Crippen molar-refractivity contribution < 1.29 is 23.9 Å². The first kappa shape index (κ1) is 42.4. The predicted molar refractivity (Wildman–Crippen MR) is 212 cm³/mol. The third-order valence-electron chi connectivity index (χ3n) is 13.2. The molecule has 0 heterocycles. The van der Waals surface area contributed by atoms with Crippen LogP contribution in [0.4, 0.5) is 0 Å². The molecule has 6 atom stereocenters. The average Bonchev–Trinajstić information content (AvgIpc) is 3.46. The van der Waals surface area contributed by atoms with E-state index in [4.69, 9.17) is 9.47 Å². The third-order valence-corrected chi connectivity index (χ3v) is 13.2. The molecule has 1 aromatic carbocycles. The van der Waals surface area contributed by atoms with E-state index in [2.05, 4.69) is 39.8 Å². The second-order valence-corrected chi connectivity index (χ2v) is 17.1. The summed E-state index contributed by atoms with van der Waals surface area (Å²) in [7, 11) is 1.96. The number of hydrogen-bond donors (Lipinski definition) is 0. The third kappa shape index (κ3) is 12.1. The molecule has 294 valence electrons. The number of amides is 1. The first-order valence-electron chi connectivity index (χ1n) is 22.0. The summed E-state index contributed by atoms with van der Waals surface area (Å²) in [6.07, 6.45) is 26.6. The Balaban J connectivity index is 1.34. The molecule has 4 rings (SSSR count). The Morgan fingerprint density at radius 2 is 1.38 bits per heavy atom. The number of carbonyl (C=O) groups excluding carboxylic acids is 3. The molecule has 0 radical (unpaired) electrons. The minimum Gasteiger partial charge on any atom is -0.462 e. The number of ether oxygens (including phenoxy) is 2. The summed E-state index contributed by atoms with van der Waals surface area (Å²) in [4.78, 5) is 39.7. The second kappa shape index (κ2) is 22.1. The van der Waals surface area contributed by atoms with E-state index in [0.717, 1.165) is 103 Å². The van der Waals surface area contributed by atoms with Crippen LogP contribution in [-0.4, -0.2) is 42.4 Å². The highest BCUT2D eigenvalue weighted by atomic mass is 16.5. The van der Waals surface area contributed by atoms with Crippen LogP contribution < -0.4 is 4.74 Å². The highest BCUT2D eigenvalue weighted by Gasteiger charge is 2.58. The van der Waals surface area contributed by atoms with Crippen molar-refractivity contribution in [2.45, 2.75) is 200 Å². The van der Waals surface area contributed by atoms with Gasteiger partial charge >= 0.3 is 11.9 Å². The molecule has 0 saturated heterocycles. The van der Waals surface area contributed by atoms with Gasteiger partial charge in [-0.25, -0.2) is 0 Å². The van der Waals surface area contributed by atoms with Gasteiger partial charge < -0.3 is 14.4 Å². The first-order chi connectivity index (χ1) is 25.2. The maximum absolute atomic E-state index is 12.9. The number of carbonyl (C=O) groups is 3. The fourth-order valence-electron chi connectivity index (χ4n) is 10.2. The van der Waals surface area contributed by atoms with Crippen LogP contribution in [0.3, 0.4) is 0 Å². The lowest BCUT2D eigenvalue weighted by atomic mass is 9.52. The maximum atomic E-state index is 12.9. The molecule has 0 N–H and O–H groups in total. The molecule has 0 aromatic heterocycles. The van der Waals surface area contributed by atoms with Crippen molar-refractivity contribution in [3.8, 4) is 5.75 Å². The Kier molecular flexibility index (Phi) is 18.0. The van der Waals surface area contributed by atoms with E-state index in [1.165, 1.54) is 56.1 Å². The predicted octanol–water partition coefficient (Wildman–Crippen LogP) is 11.9. The van der Waals surface area contributed by atoms with Gasteiger partial charge in [-0.05, 0) is 111 Å². The summed E-state index contributed by atoms with van der Waals surface area (Å²) in [6.45, 7) is 9.84. The molecule has 2 fully saturated rings. The summed E-state index contributed by atoms with van der Waals surface area (Å²) in [5.74, 6) is 3.21. The van der Waals surface area contributed by atoms with Gasteiger partial charge in [0.25, 0.3) is 0 Å². The molecule has 3 aliphatic rings. The van der Waals surface area contributed by atoms with Gasteiger partial charge in [0.1, 0.15) is 11.9 Å². The Morgan fingerprint density at radius 3 is 2.08 bits per heavy atom. The van der Waals surface area contributed by atoms with E-state index in [1.54, 1.807) is 0 Å². The van der Waals surface area contributed by atoms with E-state index in [9.17, 15) is 14.4 Å². The van der Waals surface area contributed by atoms with Crippen LogP contribution in [0.1, 0.15) is 199 Å². The molecule has 6 nitrogen and oxygen atoms in total. The van der Waals surface area contributed by atoms with Crippen LogP contribution in [0.2, 0.25) is 0 Å². The van der Waals surface area contributed by atoms with Gasteiger partial charge in [0.15, 0.2) is 0 Å². The smallest absolute Gasteiger partial charge is 0.311 e. The van der Waals surface area contributed by atoms with Gasteiger partial charge in [-0.1, -0.05) is 111 Å². The van der Waals surface area contributed by atoms with E-state index in [-0.39, 0.29) is 23.5 Å². The lowest BCUT2D eigenvalue weighted by Gasteiger charge is -2.53. The summed E-state index contributed by atoms with van der Waals surface area (Å²) >= 11 is 0. The molecule has 2 saturated carbocycles. The summed E-state index contributed by atoms with van der Waals surface area (Å²) < 4.78 is 12.2. The molecule has 3 aliphatic carbocycles. The Morgan fingerprint density at radius 1 is 0.750 bits per heavy atom. The van der Waals surface area contributed by atoms with Crippen molar-refractivity contribution in [3.63, 3.8) is 0 Å². The Hall–Kier alpha value is -2.37. The number of fused-ring (bicyclic) bond motifs is 5. The minimum atomic E-state index is -0.115. The van der Waals surface area contributed by atoms with Crippen LogP contribution in [-0.2, 0) is 25.5 Å². The Labute approximate surface area is 317 Å². The molecule has 1 amide bonds. The number of nitrogens with zero attached hydrogens (tertiary/aromatic N) is 1. The molecule has 1 aromatic rings. The van der Waals surface area contributed by atoms with Gasteiger partial charge in [-0.3, -0.25) is 14.4 Å². The second-order valence-electron chi connectivity index (χ2n) is 17.1. The molecular formula is C46H75NO5. The fourth-order valence-corrected chi connectivity index (χ4v) is 10.2. The maximum Gasteiger partial charge on any atom is 0.311 e. The topological polar surface area (TPSA) is 72.9 Å². The van der Waals surface area contributed by atoms with Crippen molar-refractivity contribution in [3.05, 3.63) is 29.3 Å². The first-order valence-corrected chi connectivity index (χ1v) is 22.0. The number of unbranched alkanes of at least 4 members (excludes halogenated alkanes) is 12. The highest BCUT2D eigenvalue weighted by molar-refractivity contribution is 5.75. The quantitative estimate of drug-likeness (QED) is 0.0603. The number of rotatable bonds is 24. The normalized spacial score (nSPS) is 24.8. The zero-order valence-corrected chi connectivity index (χ0v) is 34.0. The van der Waals surface area contributed by atoms with Crippen molar-refractivity contribution in [2.75, 3.05) is 13.6 Å². The zero-order valence-electron chi connectivity index (χ0n) is 34.0. The lowest BCUT2D eigenvalue weighted by molar-refractivity contribution is -0.158. The van der Waals surface area contributed by atoms with Crippen LogP contribution in [0.25, 0.3) is 0 Å². The van der Waals surface area contributed by atoms with Crippen molar-refractivity contribution >= 4 is 17.8 Å². The molecule has 3 unspecified atom stereocenters. The van der Waals surface area contributed by atoms with Crippen LogP contribution in [0.15, 0.2) is 18.2 Å². The summed E-state index contributed by atoms with van der Waals surface area (Å²) in [6, 6.07) is 6.51. The van der Waals surface area contributed by atoms with E-state index in [0.29, 0.717) is 54.6 Å². The van der Waals surface area contributed by atoms with Gasteiger partial charge in [-0.2, -0.15) is 0 Å². The fraction of sp³-hybridized carbons (Fsp3) is 0.804. The van der Waals surface area contributed by atoms with Crippen molar-refractivity contribution in [1.82, 2.24) is 4.90 Å². The SMILES string of the molecule is CCCCCC(=O)Oc1ccc2c(c1)C[C@@H](CCCCCCCCCN(C)C(=O)CCCCC)C1C2CC[C@@]2(C)C1CC[C@@H]2OC(=O)CCCCC. The van der Waals surface area contributed by atoms with Gasteiger partial charge in [0.2, 0.25) is 5.91 Å². The monoisotopic (exact) mass is 722 g/mol. The largest absolute Gasteiger partial charge is 0.462 e. The minimum absolute atomic E-state index is 0.00711. The number of hydrogen-bond acceptors (Lipinski definition) is 5. The molecule has 0 spiro atoms. The van der Waals surface area contributed by atoms with Gasteiger partial charge in [0.05, 0.1) is 0 Å². The number of esters is 2.